The molecule has 2 heterocycles. The van der Waals surface area contributed by atoms with Gasteiger partial charge in [0.25, 0.3) is 0 Å². The van der Waals surface area contributed by atoms with Crippen LogP contribution in [0, 0.1) is 0 Å². The van der Waals surface area contributed by atoms with E-state index in [-0.39, 0.29) is 0 Å². The van der Waals surface area contributed by atoms with E-state index in [1.807, 2.05) is 60.7 Å². The van der Waals surface area contributed by atoms with Gasteiger partial charge in [0.2, 0.25) is 0 Å². The van der Waals surface area contributed by atoms with Gasteiger partial charge in [0, 0.05) is 32.8 Å². The van der Waals surface area contributed by atoms with Gasteiger partial charge in [-0.3, -0.25) is 0 Å². The SMILES string of the molecule is c1ccc(-c2ccc3cc(-c4ccc5c(c4)oc4c6ccccc6cc(-c6nc(-c7ccccc7)nc(-c7ccccc7)n6)c54)ccc3c2)cc1. The average Bonchev–Trinajstić information content (AvgIpc) is 3.60. The molecule has 4 heteroatoms. The van der Waals surface area contributed by atoms with Crippen molar-refractivity contribution in [3.05, 3.63) is 176 Å². The quantitative estimate of drug-likeness (QED) is 0.186. The van der Waals surface area contributed by atoms with Crippen molar-refractivity contribution in [2.24, 2.45) is 0 Å². The van der Waals surface area contributed by atoms with Crippen LogP contribution in [0.15, 0.2) is 180 Å². The molecule has 238 valence electrons. The Labute approximate surface area is 294 Å². The topological polar surface area (TPSA) is 51.8 Å². The molecule has 8 aromatic carbocycles. The summed E-state index contributed by atoms with van der Waals surface area (Å²) in [7, 11) is 0. The number of nitrogens with zero attached hydrogens (tertiary/aromatic N) is 3. The van der Waals surface area contributed by atoms with Gasteiger partial charge >= 0.3 is 0 Å². The predicted molar refractivity (Wildman–Crippen MR) is 209 cm³/mol. The Kier molecular flexibility index (Phi) is 6.78. The van der Waals surface area contributed by atoms with E-state index >= 15 is 0 Å². The zero-order valence-corrected chi connectivity index (χ0v) is 27.5. The van der Waals surface area contributed by atoms with Gasteiger partial charge in [-0.05, 0) is 68.7 Å². The molecule has 0 fully saturated rings. The first-order chi connectivity index (χ1) is 25.2. The molecule has 0 bridgehead atoms. The van der Waals surface area contributed by atoms with E-state index in [0.717, 1.165) is 60.5 Å². The summed E-state index contributed by atoms with van der Waals surface area (Å²) in [5.41, 5.74) is 9.09. The lowest BCUT2D eigenvalue weighted by molar-refractivity contribution is 0.673. The van der Waals surface area contributed by atoms with E-state index in [1.165, 1.54) is 21.9 Å². The van der Waals surface area contributed by atoms with Gasteiger partial charge in [0.15, 0.2) is 17.5 Å². The Morgan fingerprint density at radius 2 is 0.843 bits per heavy atom. The average molecular weight is 652 g/mol. The van der Waals surface area contributed by atoms with Crippen LogP contribution in [0.1, 0.15) is 0 Å². The van der Waals surface area contributed by atoms with Crippen LogP contribution in [0.2, 0.25) is 0 Å². The van der Waals surface area contributed by atoms with E-state index < -0.39 is 0 Å². The van der Waals surface area contributed by atoms with Crippen LogP contribution in [0.3, 0.4) is 0 Å². The number of furan rings is 1. The molecule has 0 radical (unpaired) electrons. The summed E-state index contributed by atoms with van der Waals surface area (Å²) in [5, 5.41) is 6.53. The van der Waals surface area contributed by atoms with Crippen molar-refractivity contribution in [1.29, 1.82) is 0 Å². The third kappa shape index (κ3) is 5.13. The Bertz CT molecular complexity index is 2840. The van der Waals surface area contributed by atoms with E-state index in [2.05, 4.69) is 115 Å². The monoisotopic (exact) mass is 651 g/mol. The zero-order valence-electron chi connectivity index (χ0n) is 27.5. The third-order valence-electron chi connectivity index (χ3n) is 9.69. The lowest BCUT2D eigenvalue weighted by Gasteiger charge is -2.10. The summed E-state index contributed by atoms with van der Waals surface area (Å²) in [6, 6.07) is 61.1. The molecule has 0 N–H and O–H groups in total. The first kappa shape index (κ1) is 29.0. The van der Waals surface area contributed by atoms with Gasteiger partial charge in [-0.1, -0.05) is 146 Å². The third-order valence-corrected chi connectivity index (χ3v) is 9.69. The van der Waals surface area contributed by atoms with Gasteiger partial charge in [0.05, 0.1) is 0 Å². The summed E-state index contributed by atoms with van der Waals surface area (Å²) in [5.74, 6) is 1.86. The number of benzene rings is 8. The fraction of sp³-hybridized carbons (Fsp3) is 0. The van der Waals surface area contributed by atoms with Crippen molar-refractivity contribution in [2.75, 3.05) is 0 Å². The lowest BCUT2D eigenvalue weighted by Crippen LogP contribution is -2.00. The number of hydrogen-bond donors (Lipinski definition) is 0. The fourth-order valence-corrected chi connectivity index (χ4v) is 7.13. The molecule has 0 unspecified atom stereocenters. The molecular formula is C47H29N3O. The van der Waals surface area contributed by atoms with Crippen molar-refractivity contribution >= 4 is 43.5 Å². The van der Waals surface area contributed by atoms with Crippen molar-refractivity contribution in [3.63, 3.8) is 0 Å². The van der Waals surface area contributed by atoms with Crippen LogP contribution >= 0.6 is 0 Å². The summed E-state index contributed by atoms with van der Waals surface area (Å²) < 4.78 is 6.80. The molecule has 0 atom stereocenters. The summed E-state index contributed by atoms with van der Waals surface area (Å²) in [6.07, 6.45) is 0. The molecule has 0 saturated heterocycles. The number of aromatic nitrogens is 3. The Morgan fingerprint density at radius 1 is 0.333 bits per heavy atom. The minimum absolute atomic E-state index is 0.606. The van der Waals surface area contributed by atoms with Gasteiger partial charge in [0.1, 0.15) is 11.2 Å². The van der Waals surface area contributed by atoms with Crippen LogP contribution in [0.25, 0.3) is 99.9 Å². The number of hydrogen-bond acceptors (Lipinski definition) is 4. The second-order valence-corrected chi connectivity index (χ2v) is 12.8. The fourth-order valence-electron chi connectivity index (χ4n) is 7.13. The Balaban J connectivity index is 1.15. The molecule has 4 nitrogen and oxygen atoms in total. The Morgan fingerprint density at radius 3 is 1.49 bits per heavy atom. The maximum Gasteiger partial charge on any atom is 0.164 e. The molecule has 10 rings (SSSR count). The standard InChI is InChI=1S/C47H29N3O/c1-4-12-30(13-5-1)33-20-21-35-27-36(23-22-34(35)26-33)37-24-25-40-42(29-37)51-44-39-19-11-10-18-38(39)28-41(43(40)44)47-49-45(31-14-6-2-7-15-31)48-46(50-47)32-16-8-3-9-17-32/h1-29H. The van der Waals surface area contributed by atoms with E-state index in [1.54, 1.807) is 0 Å². The molecule has 2 aromatic heterocycles. The van der Waals surface area contributed by atoms with Crippen LogP contribution in [0.5, 0.6) is 0 Å². The normalized spacial score (nSPS) is 11.5. The van der Waals surface area contributed by atoms with E-state index in [4.69, 9.17) is 19.4 Å². The highest BCUT2D eigenvalue weighted by atomic mass is 16.3. The second kappa shape index (κ2) is 11.9. The van der Waals surface area contributed by atoms with Crippen molar-refractivity contribution in [1.82, 2.24) is 15.0 Å². The number of rotatable bonds is 5. The Hall–Kier alpha value is -6.91. The predicted octanol–water partition coefficient (Wildman–Crippen LogP) is 12.4. The second-order valence-electron chi connectivity index (χ2n) is 12.8. The first-order valence-electron chi connectivity index (χ1n) is 17.1. The molecular weight excluding hydrogens is 623 g/mol. The van der Waals surface area contributed by atoms with Crippen molar-refractivity contribution < 1.29 is 4.42 Å². The smallest absolute Gasteiger partial charge is 0.164 e. The summed E-state index contributed by atoms with van der Waals surface area (Å²) >= 11 is 0. The van der Waals surface area contributed by atoms with E-state index in [0.29, 0.717) is 17.5 Å². The first-order valence-corrected chi connectivity index (χ1v) is 17.1. The lowest BCUT2D eigenvalue weighted by atomic mass is 9.96. The summed E-state index contributed by atoms with van der Waals surface area (Å²) in [4.78, 5) is 15.1. The van der Waals surface area contributed by atoms with Crippen molar-refractivity contribution in [3.8, 4) is 56.4 Å². The molecule has 0 aliphatic rings. The molecule has 0 saturated carbocycles. The maximum atomic E-state index is 6.80. The van der Waals surface area contributed by atoms with E-state index in [9.17, 15) is 0 Å². The highest BCUT2D eigenvalue weighted by Gasteiger charge is 2.20. The van der Waals surface area contributed by atoms with Gasteiger partial charge in [-0.25, -0.2) is 15.0 Å². The largest absolute Gasteiger partial charge is 0.455 e. The zero-order chi connectivity index (χ0) is 33.7. The number of fused-ring (bicyclic) bond motifs is 6. The minimum Gasteiger partial charge on any atom is -0.455 e. The highest BCUT2D eigenvalue weighted by molar-refractivity contribution is 6.21. The maximum absolute atomic E-state index is 6.80. The van der Waals surface area contributed by atoms with Gasteiger partial charge in [-0.15, -0.1) is 0 Å². The van der Waals surface area contributed by atoms with Gasteiger partial charge < -0.3 is 4.42 Å². The minimum atomic E-state index is 0.606. The molecule has 0 aliphatic heterocycles. The van der Waals surface area contributed by atoms with Crippen LogP contribution in [-0.4, -0.2) is 15.0 Å². The van der Waals surface area contributed by atoms with Crippen LogP contribution in [-0.2, 0) is 0 Å². The van der Waals surface area contributed by atoms with Crippen LogP contribution in [0.4, 0.5) is 0 Å². The highest BCUT2D eigenvalue weighted by Crippen LogP contribution is 2.42. The molecule has 0 spiro atoms. The summed E-state index contributed by atoms with van der Waals surface area (Å²) in [6.45, 7) is 0. The van der Waals surface area contributed by atoms with Gasteiger partial charge in [-0.2, -0.15) is 0 Å². The van der Waals surface area contributed by atoms with Crippen LogP contribution < -0.4 is 0 Å². The molecule has 0 amide bonds. The molecule has 10 aromatic rings. The van der Waals surface area contributed by atoms with Crippen molar-refractivity contribution in [2.45, 2.75) is 0 Å². The molecule has 0 aliphatic carbocycles. The molecule has 51 heavy (non-hydrogen) atoms.